The summed E-state index contributed by atoms with van der Waals surface area (Å²) in [6.07, 6.45) is -1.02. The van der Waals surface area contributed by atoms with Gasteiger partial charge in [0.15, 0.2) is 0 Å². The number of nitrogens with two attached hydrogens (primary N) is 1. The van der Waals surface area contributed by atoms with Crippen LogP contribution in [0.2, 0.25) is 0 Å². The molecule has 7 heteroatoms. The van der Waals surface area contributed by atoms with Crippen molar-refractivity contribution in [3.05, 3.63) is 23.4 Å². The van der Waals surface area contributed by atoms with E-state index in [9.17, 15) is 15.0 Å². The van der Waals surface area contributed by atoms with Gasteiger partial charge in [-0.05, 0) is 13.1 Å². The Morgan fingerprint density at radius 2 is 2.24 bits per heavy atom. The Balaban J connectivity index is 2.99. The van der Waals surface area contributed by atoms with E-state index in [0.717, 1.165) is 0 Å². The predicted octanol–water partition coefficient (Wildman–Crippen LogP) is -1.02. The van der Waals surface area contributed by atoms with Crippen LogP contribution in [0.15, 0.2) is 12.3 Å². The van der Waals surface area contributed by atoms with Crippen LogP contribution in [-0.2, 0) is 0 Å². The number of carboxylic acids is 1. The minimum absolute atomic E-state index is 0.128. The van der Waals surface area contributed by atoms with E-state index in [1.165, 1.54) is 12.3 Å². The zero-order chi connectivity index (χ0) is 13.0. The summed E-state index contributed by atoms with van der Waals surface area (Å²) in [7, 11) is 1.62. The largest absolute Gasteiger partial charge is 0.478 e. The van der Waals surface area contributed by atoms with Crippen LogP contribution in [-0.4, -0.2) is 46.0 Å². The highest BCUT2D eigenvalue weighted by Gasteiger charge is 2.20. The van der Waals surface area contributed by atoms with Crippen LogP contribution in [0, 0.1) is 0 Å². The lowest BCUT2D eigenvalue weighted by Gasteiger charge is -2.18. The van der Waals surface area contributed by atoms with Crippen molar-refractivity contribution in [3.8, 4) is 0 Å². The summed E-state index contributed by atoms with van der Waals surface area (Å²) in [6.45, 7) is 0.175. The third kappa shape index (κ3) is 3.13. The van der Waals surface area contributed by atoms with E-state index in [-0.39, 0.29) is 23.5 Å². The number of carboxylic acid groups (broad SMARTS) is 1. The second kappa shape index (κ2) is 5.58. The molecule has 0 aromatic carbocycles. The van der Waals surface area contributed by atoms with Gasteiger partial charge in [-0.25, -0.2) is 9.78 Å². The average molecular weight is 241 g/mol. The molecule has 6 N–H and O–H groups in total. The number of anilines is 1. The molecule has 0 fully saturated rings. The van der Waals surface area contributed by atoms with E-state index in [1.807, 2.05) is 0 Å². The van der Waals surface area contributed by atoms with Crippen molar-refractivity contribution < 1.29 is 20.1 Å². The van der Waals surface area contributed by atoms with Gasteiger partial charge < -0.3 is 26.4 Å². The van der Waals surface area contributed by atoms with Crippen LogP contribution < -0.4 is 11.1 Å². The first-order valence-electron chi connectivity index (χ1n) is 4.96. The third-order valence-corrected chi connectivity index (χ3v) is 2.29. The van der Waals surface area contributed by atoms with Crippen molar-refractivity contribution >= 4 is 11.8 Å². The zero-order valence-electron chi connectivity index (χ0n) is 9.29. The molecule has 2 unspecified atom stereocenters. The number of carbonyl (C=O) groups is 1. The van der Waals surface area contributed by atoms with Crippen molar-refractivity contribution in [3.63, 3.8) is 0 Å². The van der Waals surface area contributed by atoms with Crippen molar-refractivity contribution in [2.75, 3.05) is 19.3 Å². The molecule has 0 saturated carbocycles. The molecule has 1 aromatic heterocycles. The maximum atomic E-state index is 10.8. The van der Waals surface area contributed by atoms with Gasteiger partial charge in [0.1, 0.15) is 17.5 Å². The molecule has 7 nitrogen and oxygen atoms in total. The number of pyridine rings is 1. The molecule has 0 radical (unpaired) electrons. The highest BCUT2D eigenvalue weighted by molar-refractivity contribution is 5.92. The molecular weight excluding hydrogens is 226 g/mol. The van der Waals surface area contributed by atoms with Gasteiger partial charge >= 0.3 is 5.97 Å². The number of aliphatic hydroxyl groups is 2. The number of hydrogen-bond donors (Lipinski definition) is 5. The Hall–Kier alpha value is -1.70. The van der Waals surface area contributed by atoms with Crippen LogP contribution in [0.1, 0.15) is 22.0 Å². The van der Waals surface area contributed by atoms with Gasteiger partial charge in [-0.2, -0.15) is 0 Å². The average Bonchev–Trinajstić information content (AvgIpc) is 2.28. The molecule has 1 aromatic rings. The van der Waals surface area contributed by atoms with Crippen LogP contribution >= 0.6 is 0 Å². The van der Waals surface area contributed by atoms with Crippen LogP contribution in [0.4, 0.5) is 5.82 Å². The van der Waals surface area contributed by atoms with Gasteiger partial charge in [-0.1, -0.05) is 0 Å². The standard InChI is InChI=1S/C10H15N3O4/c1-12-4-7(14)8(15)5-2-6(10(16)17)9(11)13-3-5/h2-3,7-8,12,14-15H,4H2,1H3,(H2,11,13)(H,16,17). The van der Waals surface area contributed by atoms with Gasteiger partial charge in [-0.15, -0.1) is 0 Å². The minimum Gasteiger partial charge on any atom is -0.478 e. The lowest BCUT2D eigenvalue weighted by atomic mass is 10.0. The van der Waals surface area contributed by atoms with E-state index in [2.05, 4.69) is 10.3 Å². The lowest BCUT2D eigenvalue weighted by molar-refractivity contribution is 0.0199. The molecule has 94 valence electrons. The molecule has 17 heavy (non-hydrogen) atoms. The molecule has 2 atom stereocenters. The number of rotatable bonds is 5. The monoisotopic (exact) mass is 241 g/mol. The molecular formula is C10H15N3O4. The number of likely N-dealkylation sites (N-methyl/N-ethyl adjacent to an activating group) is 1. The van der Waals surface area contributed by atoms with Gasteiger partial charge in [-0.3, -0.25) is 0 Å². The maximum Gasteiger partial charge on any atom is 0.339 e. The molecule has 0 amide bonds. The summed E-state index contributed by atoms with van der Waals surface area (Å²) in [6, 6.07) is 1.20. The van der Waals surface area contributed by atoms with E-state index < -0.39 is 18.2 Å². The smallest absolute Gasteiger partial charge is 0.339 e. The Kier molecular flexibility index (Phi) is 4.38. The fourth-order valence-electron chi connectivity index (χ4n) is 1.37. The normalized spacial score (nSPS) is 14.3. The quantitative estimate of drug-likeness (QED) is 0.446. The first-order valence-corrected chi connectivity index (χ1v) is 4.96. The Bertz CT molecular complexity index is 411. The third-order valence-electron chi connectivity index (χ3n) is 2.29. The molecule has 1 rings (SSSR count). The summed E-state index contributed by atoms with van der Waals surface area (Å²) in [5.74, 6) is -1.36. The number of nitrogens with one attached hydrogen (secondary N) is 1. The lowest BCUT2D eigenvalue weighted by Crippen LogP contribution is -2.29. The first kappa shape index (κ1) is 13.4. The molecule has 0 aliphatic heterocycles. The van der Waals surface area contributed by atoms with Crippen molar-refractivity contribution in [2.45, 2.75) is 12.2 Å². The van der Waals surface area contributed by atoms with Gasteiger partial charge in [0.05, 0.1) is 6.10 Å². The zero-order valence-corrected chi connectivity index (χ0v) is 9.29. The van der Waals surface area contributed by atoms with Gasteiger partial charge in [0.25, 0.3) is 0 Å². The number of aliphatic hydroxyl groups excluding tert-OH is 2. The summed E-state index contributed by atoms with van der Waals surface area (Å²) in [4.78, 5) is 14.5. The second-order valence-electron chi connectivity index (χ2n) is 3.58. The minimum atomic E-state index is -1.23. The van der Waals surface area contributed by atoms with Crippen molar-refractivity contribution in [1.82, 2.24) is 10.3 Å². The van der Waals surface area contributed by atoms with Crippen molar-refractivity contribution in [2.24, 2.45) is 0 Å². The van der Waals surface area contributed by atoms with E-state index in [0.29, 0.717) is 0 Å². The summed E-state index contributed by atoms with van der Waals surface area (Å²) in [5.41, 5.74) is 5.39. The number of nitrogen functional groups attached to an aromatic ring is 1. The number of aromatic nitrogens is 1. The topological polar surface area (TPSA) is 129 Å². The van der Waals surface area contributed by atoms with E-state index >= 15 is 0 Å². The highest BCUT2D eigenvalue weighted by Crippen LogP contribution is 2.19. The maximum absolute atomic E-state index is 10.8. The molecule has 0 aliphatic carbocycles. The van der Waals surface area contributed by atoms with Crippen LogP contribution in [0.5, 0.6) is 0 Å². The van der Waals surface area contributed by atoms with E-state index in [4.69, 9.17) is 10.8 Å². The Morgan fingerprint density at radius 3 is 2.76 bits per heavy atom. The molecule has 1 heterocycles. The summed E-state index contributed by atoms with van der Waals surface area (Å²) >= 11 is 0. The fraction of sp³-hybridized carbons (Fsp3) is 0.400. The van der Waals surface area contributed by atoms with Crippen LogP contribution in [0.3, 0.4) is 0 Å². The fourth-order valence-corrected chi connectivity index (χ4v) is 1.37. The molecule has 0 spiro atoms. The van der Waals surface area contributed by atoms with Gasteiger partial charge in [0.2, 0.25) is 0 Å². The Labute approximate surface area is 97.9 Å². The first-order chi connectivity index (χ1) is 7.97. The highest BCUT2D eigenvalue weighted by atomic mass is 16.4. The van der Waals surface area contributed by atoms with Crippen molar-refractivity contribution in [1.29, 1.82) is 0 Å². The molecule has 0 aliphatic rings. The number of aromatic carboxylic acids is 1. The van der Waals surface area contributed by atoms with Crippen LogP contribution in [0.25, 0.3) is 0 Å². The number of hydrogen-bond acceptors (Lipinski definition) is 6. The molecule has 0 bridgehead atoms. The summed E-state index contributed by atoms with van der Waals surface area (Å²) < 4.78 is 0. The van der Waals surface area contributed by atoms with Gasteiger partial charge in [0, 0.05) is 18.3 Å². The Morgan fingerprint density at radius 1 is 1.59 bits per heavy atom. The predicted molar refractivity (Wildman–Crippen MR) is 60.5 cm³/mol. The van der Waals surface area contributed by atoms with E-state index in [1.54, 1.807) is 7.05 Å². The SMILES string of the molecule is CNCC(O)C(O)c1cnc(N)c(C(=O)O)c1. The summed E-state index contributed by atoms with van der Waals surface area (Å²) in [5, 5.41) is 30.8. The molecule has 0 saturated heterocycles. The number of nitrogens with zero attached hydrogens (tertiary/aromatic N) is 1. The second-order valence-corrected chi connectivity index (χ2v) is 3.58.